The third-order valence-corrected chi connectivity index (χ3v) is 4.65. The summed E-state index contributed by atoms with van der Waals surface area (Å²) >= 11 is 0. The number of nitrogens with zero attached hydrogens (tertiary/aromatic N) is 2. The van der Waals surface area contributed by atoms with Crippen LogP contribution in [0.5, 0.6) is 11.5 Å². The van der Waals surface area contributed by atoms with E-state index >= 15 is 0 Å². The van der Waals surface area contributed by atoms with Crippen LogP contribution in [0.3, 0.4) is 0 Å². The predicted molar refractivity (Wildman–Crippen MR) is 115 cm³/mol. The zero-order valence-corrected chi connectivity index (χ0v) is 17.1. The first kappa shape index (κ1) is 21.1. The van der Waals surface area contributed by atoms with Crippen molar-refractivity contribution in [3.8, 4) is 22.8 Å². The molecule has 0 saturated carbocycles. The standard InChI is InChI=1S/C23H25N3O4/c1-29-20-12-10-18(15-21(20)30-2)19-11-13-23(28)26(25-19)14-6-9-22(27)24-16-17-7-4-3-5-8-17/h3-5,7-8,10-13,15H,6,9,14,16H2,1-2H3,(H,24,27). The minimum Gasteiger partial charge on any atom is -0.493 e. The molecule has 0 radical (unpaired) electrons. The molecule has 3 rings (SSSR count). The highest BCUT2D eigenvalue weighted by Gasteiger charge is 2.09. The summed E-state index contributed by atoms with van der Waals surface area (Å²) in [5.41, 5.74) is 2.29. The van der Waals surface area contributed by atoms with E-state index in [1.807, 2.05) is 42.5 Å². The highest BCUT2D eigenvalue weighted by atomic mass is 16.5. The second kappa shape index (κ2) is 10.2. The lowest BCUT2D eigenvalue weighted by Gasteiger charge is -2.11. The molecule has 0 aliphatic carbocycles. The van der Waals surface area contributed by atoms with Crippen molar-refractivity contribution in [2.24, 2.45) is 0 Å². The molecule has 30 heavy (non-hydrogen) atoms. The summed E-state index contributed by atoms with van der Waals surface area (Å²) in [7, 11) is 3.14. The molecule has 1 aromatic heterocycles. The van der Waals surface area contributed by atoms with Gasteiger partial charge in [-0.25, -0.2) is 4.68 Å². The lowest BCUT2D eigenvalue weighted by Crippen LogP contribution is -2.25. The maximum absolute atomic E-state index is 12.2. The quantitative estimate of drug-likeness (QED) is 0.590. The van der Waals surface area contributed by atoms with Gasteiger partial charge in [0, 0.05) is 31.1 Å². The number of nitrogens with one attached hydrogen (secondary N) is 1. The number of hydrogen-bond donors (Lipinski definition) is 1. The second-order valence-electron chi connectivity index (χ2n) is 6.72. The van der Waals surface area contributed by atoms with Gasteiger partial charge in [-0.05, 0) is 36.2 Å². The number of rotatable bonds is 9. The first-order valence-electron chi connectivity index (χ1n) is 9.72. The van der Waals surface area contributed by atoms with Crippen molar-refractivity contribution >= 4 is 5.91 Å². The third-order valence-electron chi connectivity index (χ3n) is 4.65. The summed E-state index contributed by atoms with van der Waals surface area (Å²) in [5, 5.41) is 7.33. The summed E-state index contributed by atoms with van der Waals surface area (Å²) in [6.07, 6.45) is 0.838. The first-order chi connectivity index (χ1) is 14.6. The molecular formula is C23H25N3O4. The molecule has 7 heteroatoms. The number of aromatic nitrogens is 2. The third kappa shape index (κ3) is 5.47. The van der Waals surface area contributed by atoms with Gasteiger partial charge in [0.1, 0.15) is 0 Å². The molecule has 0 aliphatic heterocycles. The Morgan fingerprint density at radius 2 is 1.77 bits per heavy atom. The molecule has 1 amide bonds. The number of benzene rings is 2. The van der Waals surface area contributed by atoms with Crippen LogP contribution in [0, 0.1) is 0 Å². The highest BCUT2D eigenvalue weighted by molar-refractivity contribution is 5.75. The van der Waals surface area contributed by atoms with Crippen LogP contribution in [-0.2, 0) is 17.9 Å². The van der Waals surface area contributed by atoms with E-state index in [1.54, 1.807) is 26.4 Å². The number of methoxy groups -OCH3 is 2. The molecule has 0 fully saturated rings. The Morgan fingerprint density at radius 3 is 2.50 bits per heavy atom. The topological polar surface area (TPSA) is 82.5 Å². The van der Waals surface area contributed by atoms with E-state index in [1.165, 1.54) is 10.7 Å². The molecule has 2 aromatic carbocycles. The van der Waals surface area contributed by atoms with Crippen LogP contribution in [0.4, 0.5) is 0 Å². The molecule has 7 nitrogen and oxygen atoms in total. The van der Waals surface area contributed by atoms with Crippen LogP contribution in [0.1, 0.15) is 18.4 Å². The van der Waals surface area contributed by atoms with Crippen molar-refractivity contribution in [1.82, 2.24) is 15.1 Å². The minimum atomic E-state index is -0.205. The summed E-state index contributed by atoms with van der Waals surface area (Å²) in [4.78, 5) is 24.2. The van der Waals surface area contributed by atoms with Crippen molar-refractivity contribution in [1.29, 1.82) is 0 Å². The average molecular weight is 407 g/mol. The number of hydrogen-bond acceptors (Lipinski definition) is 5. The average Bonchev–Trinajstić information content (AvgIpc) is 2.79. The van der Waals surface area contributed by atoms with E-state index in [-0.39, 0.29) is 11.5 Å². The molecule has 3 aromatic rings. The minimum absolute atomic E-state index is 0.0528. The van der Waals surface area contributed by atoms with Crippen molar-refractivity contribution in [2.75, 3.05) is 14.2 Å². The van der Waals surface area contributed by atoms with Gasteiger partial charge in [0.15, 0.2) is 11.5 Å². The van der Waals surface area contributed by atoms with Gasteiger partial charge in [-0.2, -0.15) is 5.10 Å². The van der Waals surface area contributed by atoms with Gasteiger partial charge in [-0.3, -0.25) is 9.59 Å². The predicted octanol–water partition coefficient (Wildman–Crippen LogP) is 3.02. The van der Waals surface area contributed by atoms with E-state index in [4.69, 9.17) is 9.47 Å². The van der Waals surface area contributed by atoms with Crippen LogP contribution < -0.4 is 20.3 Å². The Bertz CT molecular complexity index is 1050. The largest absolute Gasteiger partial charge is 0.493 e. The smallest absolute Gasteiger partial charge is 0.266 e. The molecule has 1 N–H and O–H groups in total. The van der Waals surface area contributed by atoms with E-state index < -0.39 is 0 Å². The van der Waals surface area contributed by atoms with Crippen molar-refractivity contribution < 1.29 is 14.3 Å². The number of carbonyl (C=O) groups excluding carboxylic acids is 1. The van der Waals surface area contributed by atoms with Crippen LogP contribution in [0.25, 0.3) is 11.3 Å². The molecule has 0 unspecified atom stereocenters. The van der Waals surface area contributed by atoms with Gasteiger partial charge < -0.3 is 14.8 Å². The Morgan fingerprint density at radius 1 is 1.00 bits per heavy atom. The van der Waals surface area contributed by atoms with E-state index in [9.17, 15) is 9.59 Å². The van der Waals surface area contributed by atoms with Crippen molar-refractivity contribution in [3.63, 3.8) is 0 Å². The maximum atomic E-state index is 12.2. The fourth-order valence-electron chi connectivity index (χ4n) is 3.03. The van der Waals surface area contributed by atoms with Gasteiger partial charge in [-0.1, -0.05) is 30.3 Å². The monoisotopic (exact) mass is 407 g/mol. The normalized spacial score (nSPS) is 10.5. The van der Waals surface area contributed by atoms with Crippen LogP contribution in [-0.4, -0.2) is 29.9 Å². The Balaban J connectivity index is 1.60. The van der Waals surface area contributed by atoms with Crippen molar-refractivity contribution in [2.45, 2.75) is 25.9 Å². The Hall–Kier alpha value is -3.61. The second-order valence-corrected chi connectivity index (χ2v) is 6.72. The Labute approximate surface area is 175 Å². The van der Waals surface area contributed by atoms with Crippen LogP contribution in [0.2, 0.25) is 0 Å². The van der Waals surface area contributed by atoms with Crippen molar-refractivity contribution in [3.05, 3.63) is 76.6 Å². The first-order valence-corrected chi connectivity index (χ1v) is 9.72. The maximum Gasteiger partial charge on any atom is 0.266 e. The number of carbonyl (C=O) groups is 1. The molecular weight excluding hydrogens is 382 g/mol. The van der Waals surface area contributed by atoms with Gasteiger partial charge in [0.05, 0.1) is 19.9 Å². The van der Waals surface area contributed by atoms with E-state index in [0.29, 0.717) is 43.1 Å². The molecule has 156 valence electrons. The number of amides is 1. The lowest BCUT2D eigenvalue weighted by atomic mass is 10.1. The van der Waals surface area contributed by atoms with Gasteiger partial charge in [-0.15, -0.1) is 0 Å². The molecule has 0 bridgehead atoms. The summed E-state index contributed by atoms with van der Waals surface area (Å²) in [6.45, 7) is 0.853. The lowest BCUT2D eigenvalue weighted by molar-refractivity contribution is -0.121. The zero-order valence-electron chi connectivity index (χ0n) is 17.1. The van der Waals surface area contributed by atoms with Gasteiger partial charge in [0.2, 0.25) is 5.91 Å². The summed E-state index contributed by atoms with van der Waals surface area (Å²) in [5.74, 6) is 1.16. The molecule has 0 atom stereocenters. The van der Waals surface area contributed by atoms with Crippen LogP contribution >= 0.6 is 0 Å². The fraction of sp³-hybridized carbons (Fsp3) is 0.261. The summed E-state index contributed by atoms with van der Waals surface area (Å²) in [6, 6.07) is 18.3. The SMILES string of the molecule is COc1ccc(-c2ccc(=O)n(CCCC(=O)NCc3ccccc3)n2)cc1OC. The molecule has 0 aliphatic rings. The number of aryl methyl sites for hydroxylation is 1. The molecule has 0 spiro atoms. The molecule has 0 saturated heterocycles. The van der Waals surface area contributed by atoms with E-state index in [0.717, 1.165) is 11.1 Å². The zero-order chi connectivity index (χ0) is 21.3. The van der Waals surface area contributed by atoms with E-state index in [2.05, 4.69) is 10.4 Å². The number of ether oxygens (including phenoxy) is 2. The Kier molecular flexibility index (Phi) is 7.21. The summed E-state index contributed by atoms with van der Waals surface area (Å²) < 4.78 is 12.0. The fourth-order valence-corrected chi connectivity index (χ4v) is 3.03. The van der Waals surface area contributed by atoms with Gasteiger partial charge >= 0.3 is 0 Å². The van der Waals surface area contributed by atoms with Gasteiger partial charge in [0.25, 0.3) is 5.56 Å². The highest BCUT2D eigenvalue weighted by Crippen LogP contribution is 2.31. The van der Waals surface area contributed by atoms with Crippen LogP contribution in [0.15, 0.2) is 65.5 Å². The molecule has 1 heterocycles.